The fourth-order valence-electron chi connectivity index (χ4n) is 6.87. The van der Waals surface area contributed by atoms with E-state index in [1.807, 2.05) is 0 Å². The second kappa shape index (κ2) is 17.9. The molecule has 4 aromatic rings. The SMILES string of the molecule is O=C(O[C@@H](Cc1c(Cl)c[nH+]cc1Cl)c1ccc(OC(F)F)c(OCC2CC2)c1)c1ccc(NC(C(=O)O[C@H]2CN3CCC2CC3)c2ccc(F)cc2)cc1.[OH-]. The minimum atomic E-state index is -3.06. The Morgan fingerprint density at radius 3 is 2.18 bits per heavy atom. The number of nitrogens with zero attached hydrogens (tertiary/aromatic N) is 1. The normalized spacial score (nSPS) is 19.9. The molecule has 292 valence electrons. The molecule has 3 aliphatic heterocycles. The summed E-state index contributed by atoms with van der Waals surface area (Å²) >= 11 is 13.0. The van der Waals surface area contributed by atoms with Gasteiger partial charge >= 0.3 is 18.6 Å². The Balaban J connectivity index is 0.00000514. The molecule has 3 atom stereocenters. The molecule has 4 fully saturated rings. The average molecular weight is 803 g/mol. The third-order valence-electron chi connectivity index (χ3n) is 10.1. The minimum Gasteiger partial charge on any atom is -0.870 e. The number of esters is 2. The van der Waals surface area contributed by atoms with Crippen molar-refractivity contribution in [2.75, 3.05) is 31.6 Å². The van der Waals surface area contributed by atoms with Gasteiger partial charge in [0.2, 0.25) is 0 Å². The molecular formula is C40H40Cl2F3N3O7. The molecule has 55 heavy (non-hydrogen) atoms. The Hall–Kier alpha value is -4.56. The average Bonchev–Trinajstić information content (AvgIpc) is 4.00. The van der Waals surface area contributed by atoms with Gasteiger partial charge in [0.25, 0.3) is 0 Å². The monoisotopic (exact) mass is 801 g/mol. The van der Waals surface area contributed by atoms with Crippen LogP contribution < -0.4 is 19.8 Å². The fraction of sp³-hybridized carbons (Fsp3) is 0.375. The molecule has 0 radical (unpaired) electrons. The maximum absolute atomic E-state index is 13.8. The van der Waals surface area contributed by atoms with Crippen LogP contribution in [0.1, 0.15) is 64.9 Å². The quantitative estimate of drug-likeness (QED) is 0.119. The van der Waals surface area contributed by atoms with Gasteiger partial charge in [0.15, 0.2) is 29.9 Å². The van der Waals surface area contributed by atoms with Gasteiger partial charge in [-0.3, -0.25) is 4.90 Å². The van der Waals surface area contributed by atoms with Gasteiger partial charge in [0.05, 0.1) is 12.2 Å². The van der Waals surface area contributed by atoms with Gasteiger partial charge < -0.3 is 29.7 Å². The smallest absolute Gasteiger partial charge is 0.387 e. The number of aromatic amines is 1. The number of pyridine rings is 1. The number of carbonyl (C=O) groups is 2. The molecule has 2 bridgehead atoms. The van der Waals surface area contributed by atoms with E-state index in [0.717, 1.165) is 38.8 Å². The zero-order valence-electron chi connectivity index (χ0n) is 29.6. The fourth-order valence-corrected chi connectivity index (χ4v) is 7.40. The van der Waals surface area contributed by atoms with E-state index in [9.17, 15) is 22.8 Å². The molecule has 1 aromatic heterocycles. The van der Waals surface area contributed by atoms with Crippen LogP contribution >= 0.6 is 23.2 Å². The molecular weight excluding hydrogens is 762 g/mol. The number of hydrogen-bond acceptors (Lipinski definition) is 9. The standard InChI is InChI=1S/C40H38Cl2F3N3O6.H2O/c41-31-19-46-20-32(42)30(31)18-34(27-7-12-33(54-40(44)45)35(17-27)51-22-23-1-2-23)52-38(49)26-5-10-29(11-6-26)47-37(25-3-8-28(43)9-4-25)39(50)53-36-21-48-15-13-24(36)14-16-48;/h3-12,17,19-20,23-24,34,36-37,40,47H,1-2,13-16,18,21-22H2;1H2/t34-,36-,37?;/m0./s1. The molecule has 8 rings (SSSR count). The van der Waals surface area contributed by atoms with E-state index < -0.39 is 36.5 Å². The highest BCUT2D eigenvalue weighted by Crippen LogP contribution is 2.38. The van der Waals surface area contributed by atoms with Crippen molar-refractivity contribution in [3.63, 3.8) is 0 Å². The zero-order chi connectivity index (χ0) is 37.8. The highest BCUT2D eigenvalue weighted by molar-refractivity contribution is 6.35. The van der Waals surface area contributed by atoms with Gasteiger partial charge in [0.1, 0.15) is 28.1 Å². The van der Waals surface area contributed by atoms with E-state index in [-0.39, 0.29) is 35.1 Å². The van der Waals surface area contributed by atoms with Crippen molar-refractivity contribution in [1.82, 2.24) is 4.90 Å². The van der Waals surface area contributed by atoms with Gasteiger partial charge in [-0.1, -0.05) is 41.4 Å². The van der Waals surface area contributed by atoms with Crippen LogP contribution in [-0.2, 0) is 20.7 Å². The molecule has 15 heteroatoms. The Labute approximate surface area is 326 Å². The first-order valence-electron chi connectivity index (χ1n) is 17.9. The predicted molar refractivity (Wildman–Crippen MR) is 196 cm³/mol. The molecule has 3 saturated heterocycles. The summed E-state index contributed by atoms with van der Waals surface area (Å²) in [7, 11) is 0. The summed E-state index contributed by atoms with van der Waals surface area (Å²) < 4.78 is 63.0. The van der Waals surface area contributed by atoms with Crippen molar-refractivity contribution < 1.29 is 52.2 Å². The summed E-state index contributed by atoms with van der Waals surface area (Å²) in [5.41, 5.74) is 2.17. The van der Waals surface area contributed by atoms with E-state index in [1.165, 1.54) is 42.5 Å². The van der Waals surface area contributed by atoms with E-state index in [4.69, 9.17) is 42.1 Å². The number of hydrogen-bond donors (Lipinski definition) is 1. The van der Waals surface area contributed by atoms with Crippen LogP contribution in [0, 0.1) is 17.7 Å². The van der Waals surface area contributed by atoms with Gasteiger partial charge in [-0.15, -0.1) is 0 Å². The number of carbonyl (C=O) groups excluding carboxylic acids is 2. The maximum Gasteiger partial charge on any atom is 0.387 e. The highest BCUT2D eigenvalue weighted by Gasteiger charge is 2.38. The van der Waals surface area contributed by atoms with Crippen LogP contribution in [0.15, 0.2) is 79.1 Å². The van der Waals surface area contributed by atoms with E-state index >= 15 is 0 Å². The van der Waals surface area contributed by atoms with Crippen molar-refractivity contribution >= 4 is 40.8 Å². The topological polar surface area (TPSA) is 130 Å². The summed E-state index contributed by atoms with van der Waals surface area (Å²) in [6, 6.07) is 15.5. The van der Waals surface area contributed by atoms with E-state index in [0.29, 0.717) is 57.4 Å². The molecule has 10 nitrogen and oxygen atoms in total. The lowest BCUT2D eigenvalue weighted by Gasteiger charge is -2.44. The number of ether oxygens (including phenoxy) is 4. The summed E-state index contributed by atoms with van der Waals surface area (Å²) in [6.07, 6.45) is 5.87. The number of anilines is 1. The molecule has 0 spiro atoms. The van der Waals surface area contributed by atoms with Gasteiger partial charge in [-0.2, -0.15) is 8.78 Å². The number of aromatic nitrogens is 1. The first kappa shape index (κ1) is 40.1. The van der Waals surface area contributed by atoms with Crippen molar-refractivity contribution in [2.24, 2.45) is 11.8 Å². The Bertz CT molecular complexity index is 1930. The maximum atomic E-state index is 13.8. The third-order valence-corrected chi connectivity index (χ3v) is 10.8. The molecule has 3 N–H and O–H groups in total. The highest BCUT2D eigenvalue weighted by atomic mass is 35.5. The van der Waals surface area contributed by atoms with Crippen LogP contribution in [0.25, 0.3) is 0 Å². The summed E-state index contributed by atoms with van der Waals surface area (Å²) in [4.78, 5) is 32.5. The van der Waals surface area contributed by atoms with E-state index in [1.54, 1.807) is 36.7 Å². The summed E-state index contributed by atoms with van der Waals surface area (Å²) in [6.45, 7) is -0.0459. The molecule has 4 heterocycles. The van der Waals surface area contributed by atoms with Crippen molar-refractivity contribution in [2.45, 2.75) is 57.0 Å². The molecule has 4 aliphatic rings. The van der Waals surface area contributed by atoms with Crippen LogP contribution in [0.5, 0.6) is 11.5 Å². The summed E-state index contributed by atoms with van der Waals surface area (Å²) in [5.74, 6) is -1.01. The molecule has 1 unspecified atom stereocenters. The predicted octanol–water partition coefficient (Wildman–Crippen LogP) is 8.09. The lowest BCUT2D eigenvalue weighted by atomic mass is 9.86. The number of rotatable bonds is 15. The number of nitrogens with one attached hydrogen (secondary N) is 2. The number of fused-ring (bicyclic) bond motifs is 3. The lowest BCUT2D eigenvalue weighted by Crippen LogP contribution is -2.52. The zero-order valence-corrected chi connectivity index (χ0v) is 31.1. The molecule has 3 aromatic carbocycles. The van der Waals surface area contributed by atoms with Crippen LogP contribution in [0.4, 0.5) is 18.9 Å². The van der Waals surface area contributed by atoms with Gasteiger partial charge in [0, 0.05) is 24.2 Å². The van der Waals surface area contributed by atoms with Gasteiger partial charge in [-0.25, -0.2) is 19.0 Å². The molecule has 0 amide bonds. The second-order valence-electron chi connectivity index (χ2n) is 13.9. The number of H-pyrrole nitrogens is 1. The first-order valence-corrected chi connectivity index (χ1v) is 18.7. The Morgan fingerprint density at radius 1 is 0.891 bits per heavy atom. The number of benzene rings is 3. The number of halogens is 5. The van der Waals surface area contributed by atoms with Crippen molar-refractivity contribution in [3.05, 3.63) is 117 Å². The first-order chi connectivity index (χ1) is 26.1. The molecule has 1 saturated carbocycles. The van der Waals surface area contributed by atoms with Gasteiger partial charge in [-0.05, 0) is 110 Å². The van der Waals surface area contributed by atoms with Crippen molar-refractivity contribution in [3.8, 4) is 11.5 Å². The largest absolute Gasteiger partial charge is 0.870 e. The van der Waals surface area contributed by atoms with Crippen molar-refractivity contribution in [1.29, 1.82) is 0 Å². The number of piperidine rings is 3. The summed E-state index contributed by atoms with van der Waals surface area (Å²) in [5, 5.41) is 3.82. The Morgan fingerprint density at radius 2 is 1.56 bits per heavy atom. The van der Waals surface area contributed by atoms with Crippen LogP contribution in [0.2, 0.25) is 10.0 Å². The second-order valence-corrected chi connectivity index (χ2v) is 14.7. The number of alkyl halides is 2. The van der Waals surface area contributed by atoms with Crippen LogP contribution in [-0.4, -0.2) is 61.3 Å². The lowest BCUT2D eigenvalue weighted by molar-refractivity contribution is -0.377. The van der Waals surface area contributed by atoms with E-state index in [2.05, 4.69) is 15.2 Å². The minimum absolute atomic E-state index is 0. The Kier molecular flexibility index (Phi) is 13.1. The van der Waals surface area contributed by atoms with Crippen LogP contribution in [0.3, 0.4) is 0 Å². The third kappa shape index (κ3) is 10.2. The molecule has 1 aliphatic carbocycles.